The zero-order valence-corrected chi connectivity index (χ0v) is 9.05. The largest absolute Gasteiger partial charge is 0.372 e. The number of ketones is 1. The normalized spacial score (nSPS) is 14.3. The number of hydrogen-bond donors (Lipinski definition) is 1. The van der Waals surface area contributed by atoms with Gasteiger partial charge >= 0.3 is 0 Å². The fourth-order valence-corrected chi connectivity index (χ4v) is 1.31. The molecule has 0 aliphatic rings. The quantitative estimate of drug-likeness (QED) is 0.781. The van der Waals surface area contributed by atoms with Crippen LogP contribution in [0.15, 0.2) is 36.4 Å². The molecular weight excluding hydrogens is 202 g/mol. The number of carbonyl (C=O) groups excluding carboxylic acids is 1. The Bertz CT molecular complexity index is 431. The summed E-state index contributed by atoms with van der Waals surface area (Å²) in [4.78, 5) is 10.9. The van der Waals surface area contributed by atoms with E-state index in [1.165, 1.54) is 13.0 Å². The van der Waals surface area contributed by atoms with Gasteiger partial charge in [-0.05, 0) is 18.6 Å². The van der Waals surface area contributed by atoms with Crippen LogP contribution in [0, 0.1) is 11.3 Å². The van der Waals surface area contributed by atoms with E-state index in [1.54, 1.807) is 12.1 Å². The molecule has 3 nitrogen and oxygen atoms in total. The molecule has 1 atom stereocenters. The van der Waals surface area contributed by atoms with Gasteiger partial charge in [0.2, 0.25) is 0 Å². The highest BCUT2D eigenvalue weighted by molar-refractivity contribution is 5.78. The first-order valence-corrected chi connectivity index (χ1v) is 4.93. The molecule has 0 saturated carbocycles. The molecule has 0 aliphatic carbocycles. The summed E-state index contributed by atoms with van der Waals surface area (Å²) < 4.78 is 0. The standard InChI is InChI=1S/C13H13NO2/c1-11(15)9-13(16,10-14)8-7-12-5-3-2-4-6-12/h2-8,16H,9H2,1H3/b8-7+. The van der Waals surface area contributed by atoms with Crippen LogP contribution in [0.1, 0.15) is 18.9 Å². The number of Topliss-reactive ketones (excluding diaryl/α,β-unsaturated/α-hetero) is 1. The molecule has 16 heavy (non-hydrogen) atoms. The molecule has 0 radical (unpaired) electrons. The van der Waals surface area contributed by atoms with Crippen molar-refractivity contribution in [2.24, 2.45) is 0 Å². The number of nitriles is 1. The van der Waals surface area contributed by atoms with E-state index < -0.39 is 5.60 Å². The molecule has 0 amide bonds. The summed E-state index contributed by atoms with van der Waals surface area (Å²) in [5, 5.41) is 18.6. The van der Waals surface area contributed by atoms with Gasteiger partial charge in [0.15, 0.2) is 5.60 Å². The van der Waals surface area contributed by atoms with Crippen molar-refractivity contribution in [3.63, 3.8) is 0 Å². The maximum Gasteiger partial charge on any atom is 0.176 e. The highest BCUT2D eigenvalue weighted by Gasteiger charge is 2.24. The summed E-state index contributed by atoms with van der Waals surface area (Å²) in [7, 11) is 0. The lowest BCUT2D eigenvalue weighted by Crippen LogP contribution is -2.26. The molecule has 0 aliphatic heterocycles. The Morgan fingerprint density at radius 1 is 1.50 bits per heavy atom. The Morgan fingerprint density at radius 2 is 2.12 bits per heavy atom. The predicted molar refractivity (Wildman–Crippen MR) is 61.3 cm³/mol. The lowest BCUT2D eigenvalue weighted by molar-refractivity contribution is -0.119. The van der Waals surface area contributed by atoms with Gasteiger partial charge in [-0.25, -0.2) is 0 Å². The summed E-state index contributed by atoms with van der Waals surface area (Å²) in [6.07, 6.45) is 2.79. The van der Waals surface area contributed by atoms with E-state index in [4.69, 9.17) is 5.26 Å². The van der Waals surface area contributed by atoms with Crippen LogP contribution in [0.25, 0.3) is 6.08 Å². The van der Waals surface area contributed by atoms with Gasteiger partial charge < -0.3 is 5.11 Å². The van der Waals surface area contributed by atoms with Crippen molar-refractivity contribution >= 4 is 11.9 Å². The zero-order chi connectivity index (χ0) is 12.0. The van der Waals surface area contributed by atoms with E-state index in [1.807, 2.05) is 30.3 Å². The smallest absolute Gasteiger partial charge is 0.176 e. The molecule has 1 unspecified atom stereocenters. The molecule has 0 heterocycles. The third-order valence-electron chi connectivity index (χ3n) is 2.06. The molecule has 0 aromatic heterocycles. The first kappa shape index (κ1) is 12.2. The number of benzene rings is 1. The highest BCUT2D eigenvalue weighted by Crippen LogP contribution is 2.14. The maximum absolute atomic E-state index is 10.9. The zero-order valence-electron chi connectivity index (χ0n) is 9.05. The molecule has 1 aromatic carbocycles. The molecule has 82 valence electrons. The summed E-state index contributed by atoms with van der Waals surface area (Å²) >= 11 is 0. The first-order chi connectivity index (χ1) is 7.56. The van der Waals surface area contributed by atoms with Gasteiger partial charge in [0.05, 0.1) is 6.42 Å². The Balaban J connectivity index is 2.82. The monoisotopic (exact) mass is 215 g/mol. The van der Waals surface area contributed by atoms with Gasteiger partial charge in [-0.15, -0.1) is 0 Å². The Labute approximate surface area is 94.6 Å². The highest BCUT2D eigenvalue weighted by atomic mass is 16.3. The summed E-state index contributed by atoms with van der Waals surface area (Å²) in [6.45, 7) is 1.35. The molecule has 1 N–H and O–H groups in total. The minimum absolute atomic E-state index is 0.188. The van der Waals surface area contributed by atoms with Crippen molar-refractivity contribution in [3.05, 3.63) is 42.0 Å². The van der Waals surface area contributed by atoms with Crippen LogP contribution in [-0.2, 0) is 4.79 Å². The van der Waals surface area contributed by atoms with Gasteiger partial charge in [0.1, 0.15) is 11.9 Å². The van der Waals surface area contributed by atoms with Gasteiger partial charge in [-0.2, -0.15) is 5.26 Å². The van der Waals surface area contributed by atoms with Crippen molar-refractivity contribution in [1.82, 2.24) is 0 Å². The summed E-state index contributed by atoms with van der Waals surface area (Å²) in [6, 6.07) is 11.0. The first-order valence-electron chi connectivity index (χ1n) is 4.93. The lowest BCUT2D eigenvalue weighted by atomic mass is 9.98. The predicted octanol–water partition coefficient (Wildman–Crippen LogP) is 1.93. The molecular formula is C13H13NO2. The number of carbonyl (C=O) groups is 1. The van der Waals surface area contributed by atoms with Crippen molar-refractivity contribution in [2.75, 3.05) is 0 Å². The second-order valence-electron chi connectivity index (χ2n) is 3.66. The number of hydrogen-bond acceptors (Lipinski definition) is 3. The average Bonchev–Trinajstić information content (AvgIpc) is 2.27. The van der Waals surface area contributed by atoms with E-state index in [0.29, 0.717) is 0 Å². The maximum atomic E-state index is 10.9. The molecule has 3 heteroatoms. The van der Waals surface area contributed by atoms with Gasteiger partial charge in [-0.3, -0.25) is 4.79 Å². The number of nitrogens with zero attached hydrogens (tertiary/aromatic N) is 1. The van der Waals surface area contributed by atoms with Crippen molar-refractivity contribution in [1.29, 1.82) is 5.26 Å². The SMILES string of the molecule is CC(=O)CC(O)(C#N)/C=C/c1ccccc1. The molecule has 1 rings (SSSR count). The summed E-state index contributed by atoms with van der Waals surface area (Å²) in [5.74, 6) is -0.221. The van der Waals surface area contributed by atoms with Crippen LogP contribution in [0.2, 0.25) is 0 Å². The third kappa shape index (κ3) is 3.68. The summed E-state index contributed by atoms with van der Waals surface area (Å²) in [5.41, 5.74) is -0.832. The number of aliphatic hydroxyl groups is 1. The second kappa shape index (κ2) is 5.24. The molecule has 0 bridgehead atoms. The van der Waals surface area contributed by atoms with Crippen LogP contribution in [0.4, 0.5) is 0 Å². The van der Waals surface area contributed by atoms with E-state index in [2.05, 4.69) is 0 Å². The minimum Gasteiger partial charge on any atom is -0.372 e. The number of rotatable bonds is 4. The van der Waals surface area contributed by atoms with E-state index in [-0.39, 0.29) is 12.2 Å². The Kier molecular flexibility index (Phi) is 3.98. The lowest BCUT2D eigenvalue weighted by Gasteiger charge is -2.13. The van der Waals surface area contributed by atoms with Crippen LogP contribution in [0.3, 0.4) is 0 Å². The Morgan fingerprint density at radius 3 is 2.62 bits per heavy atom. The van der Waals surface area contributed by atoms with Crippen LogP contribution in [-0.4, -0.2) is 16.5 Å². The van der Waals surface area contributed by atoms with Crippen molar-refractivity contribution in [3.8, 4) is 6.07 Å². The van der Waals surface area contributed by atoms with Crippen molar-refractivity contribution < 1.29 is 9.90 Å². The van der Waals surface area contributed by atoms with Gasteiger partial charge in [0.25, 0.3) is 0 Å². The van der Waals surface area contributed by atoms with Gasteiger partial charge in [0, 0.05) is 0 Å². The fraction of sp³-hybridized carbons (Fsp3) is 0.231. The van der Waals surface area contributed by atoms with Gasteiger partial charge in [-0.1, -0.05) is 36.4 Å². The van der Waals surface area contributed by atoms with E-state index in [9.17, 15) is 9.90 Å². The Hall–Kier alpha value is -1.92. The average molecular weight is 215 g/mol. The molecule has 1 aromatic rings. The van der Waals surface area contributed by atoms with E-state index >= 15 is 0 Å². The van der Waals surface area contributed by atoms with Crippen LogP contribution >= 0.6 is 0 Å². The molecule has 0 saturated heterocycles. The fourth-order valence-electron chi connectivity index (χ4n) is 1.31. The molecule has 0 spiro atoms. The topological polar surface area (TPSA) is 61.1 Å². The third-order valence-corrected chi connectivity index (χ3v) is 2.06. The van der Waals surface area contributed by atoms with E-state index in [0.717, 1.165) is 5.56 Å². The van der Waals surface area contributed by atoms with Crippen molar-refractivity contribution in [2.45, 2.75) is 18.9 Å². The van der Waals surface area contributed by atoms with Crippen LogP contribution < -0.4 is 0 Å². The minimum atomic E-state index is -1.71. The second-order valence-corrected chi connectivity index (χ2v) is 3.66. The molecule has 0 fully saturated rings. The van der Waals surface area contributed by atoms with Crippen LogP contribution in [0.5, 0.6) is 0 Å².